The Morgan fingerprint density at radius 3 is 2.68 bits per heavy atom. The zero-order chi connectivity index (χ0) is 14.4. The Morgan fingerprint density at radius 1 is 1.42 bits per heavy atom. The van der Waals surface area contributed by atoms with Gasteiger partial charge in [-0.05, 0) is 42.9 Å². The van der Waals surface area contributed by atoms with E-state index in [1.165, 1.54) is 12.1 Å². The normalized spacial score (nSPS) is 15.8. The Morgan fingerprint density at radius 2 is 2.11 bits per heavy atom. The van der Waals surface area contributed by atoms with E-state index < -0.39 is 11.9 Å². The molecule has 3 unspecified atom stereocenters. The van der Waals surface area contributed by atoms with Crippen LogP contribution in [0, 0.1) is 17.7 Å². The summed E-state index contributed by atoms with van der Waals surface area (Å²) < 4.78 is 13.0. The molecule has 0 bridgehead atoms. The molecule has 1 aromatic carbocycles. The van der Waals surface area contributed by atoms with Gasteiger partial charge in [-0.1, -0.05) is 26.0 Å². The van der Waals surface area contributed by atoms with Gasteiger partial charge < -0.3 is 10.8 Å². The summed E-state index contributed by atoms with van der Waals surface area (Å²) in [6.45, 7) is 3.68. The van der Waals surface area contributed by atoms with Crippen molar-refractivity contribution in [2.24, 2.45) is 17.6 Å². The van der Waals surface area contributed by atoms with Crippen molar-refractivity contribution in [3.05, 3.63) is 35.6 Å². The number of hydrogen-bond acceptors (Lipinski definition) is 2. The first kappa shape index (κ1) is 15.6. The van der Waals surface area contributed by atoms with Gasteiger partial charge in [0.1, 0.15) is 5.82 Å². The summed E-state index contributed by atoms with van der Waals surface area (Å²) in [6.07, 6.45) is 2.33. The molecule has 4 heteroatoms. The van der Waals surface area contributed by atoms with E-state index in [0.717, 1.165) is 18.4 Å². The minimum absolute atomic E-state index is 0.221. The second-order valence-corrected chi connectivity index (χ2v) is 5.30. The quantitative estimate of drug-likeness (QED) is 0.798. The smallest absolute Gasteiger partial charge is 0.307 e. The van der Waals surface area contributed by atoms with Crippen LogP contribution in [0.15, 0.2) is 24.3 Å². The lowest BCUT2D eigenvalue weighted by molar-refractivity contribution is -0.141. The van der Waals surface area contributed by atoms with Crippen molar-refractivity contribution < 1.29 is 14.3 Å². The number of benzene rings is 1. The molecule has 0 radical (unpaired) electrons. The molecule has 0 saturated heterocycles. The molecule has 3 atom stereocenters. The Bertz CT molecular complexity index is 422. The third-order valence-corrected chi connectivity index (χ3v) is 3.52. The van der Waals surface area contributed by atoms with Gasteiger partial charge >= 0.3 is 5.97 Å². The highest BCUT2D eigenvalue weighted by Crippen LogP contribution is 2.17. The molecule has 0 fully saturated rings. The van der Waals surface area contributed by atoms with Gasteiger partial charge in [-0.2, -0.15) is 0 Å². The largest absolute Gasteiger partial charge is 0.481 e. The van der Waals surface area contributed by atoms with E-state index in [2.05, 4.69) is 0 Å². The number of halogens is 1. The van der Waals surface area contributed by atoms with Crippen molar-refractivity contribution in [1.29, 1.82) is 0 Å². The summed E-state index contributed by atoms with van der Waals surface area (Å²) in [7, 11) is 0. The molecular weight excluding hydrogens is 245 g/mol. The van der Waals surface area contributed by atoms with E-state index in [-0.39, 0.29) is 11.9 Å². The number of carboxylic acid groups (broad SMARTS) is 1. The summed E-state index contributed by atoms with van der Waals surface area (Å²) in [5.41, 5.74) is 6.84. The van der Waals surface area contributed by atoms with Crippen LogP contribution in [0.25, 0.3) is 0 Å². The summed E-state index contributed by atoms with van der Waals surface area (Å²) >= 11 is 0. The molecule has 0 aliphatic carbocycles. The monoisotopic (exact) mass is 267 g/mol. The Hall–Kier alpha value is -1.42. The second kappa shape index (κ2) is 7.24. The zero-order valence-corrected chi connectivity index (χ0v) is 11.5. The Labute approximate surface area is 113 Å². The van der Waals surface area contributed by atoms with Crippen LogP contribution in [0.1, 0.15) is 32.3 Å². The molecule has 0 aliphatic rings. The Kier molecular flexibility index (Phi) is 5.96. The van der Waals surface area contributed by atoms with Crippen LogP contribution in [-0.4, -0.2) is 17.1 Å². The molecule has 0 aliphatic heterocycles. The third-order valence-electron chi connectivity index (χ3n) is 3.52. The molecule has 3 N–H and O–H groups in total. The zero-order valence-electron chi connectivity index (χ0n) is 11.5. The average Bonchev–Trinajstić information content (AvgIpc) is 2.35. The molecule has 3 nitrogen and oxygen atoms in total. The average molecular weight is 267 g/mol. The van der Waals surface area contributed by atoms with Crippen LogP contribution < -0.4 is 5.73 Å². The van der Waals surface area contributed by atoms with E-state index >= 15 is 0 Å². The molecule has 106 valence electrons. The fourth-order valence-electron chi connectivity index (χ4n) is 2.08. The number of aryl methyl sites for hydroxylation is 1. The van der Waals surface area contributed by atoms with Crippen molar-refractivity contribution in [1.82, 2.24) is 0 Å². The molecule has 0 amide bonds. The molecule has 0 aromatic heterocycles. The molecular formula is C15H22FNO2. The maximum atomic E-state index is 13.0. The van der Waals surface area contributed by atoms with Crippen LogP contribution in [-0.2, 0) is 11.2 Å². The van der Waals surface area contributed by atoms with Crippen molar-refractivity contribution in [2.75, 3.05) is 0 Å². The van der Waals surface area contributed by atoms with E-state index in [1.54, 1.807) is 13.0 Å². The summed E-state index contributed by atoms with van der Waals surface area (Å²) in [5, 5.41) is 8.88. The lowest BCUT2D eigenvalue weighted by Gasteiger charge is -2.20. The number of carbonyl (C=O) groups is 1. The Balaban J connectivity index is 2.39. The fraction of sp³-hybridized carbons (Fsp3) is 0.533. The number of aliphatic carboxylic acids is 1. The maximum Gasteiger partial charge on any atom is 0.307 e. The van der Waals surface area contributed by atoms with Gasteiger partial charge in [-0.3, -0.25) is 4.79 Å². The first-order valence-electron chi connectivity index (χ1n) is 6.63. The van der Waals surface area contributed by atoms with Crippen molar-refractivity contribution in [3.63, 3.8) is 0 Å². The van der Waals surface area contributed by atoms with Crippen molar-refractivity contribution >= 4 is 5.97 Å². The second-order valence-electron chi connectivity index (χ2n) is 5.30. The predicted molar refractivity (Wildman–Crippen MR) is 73.3 cm³/mol. The van der Waals surface area contributed by atoms with E-state index in [9.17, 15) is 9.18 Å². The number of rotatable bonds is 7. The molecule has 0 spiro atoms. The highest BCUT2D eigenvalue weighted by molar-refractivity contribution is 5.70. The molecule has 0 heterocycles. The number of carboxylic acids is 1. The molecule has 1 rings (SSSR count). The molecule has 1 aromatic rings. The van der Waals surface area contributed by atoms with Crippen LogP contribution >= 0.6 is 0 Å². The van der Waals surface area contributed by atoms with Gasteiger partial charge in [0, 0.05) is 6.04 Å². The van der Waals surface area contributed by atoms with Crippen molar-refractivity contribution in [3.8, 4) is 0 Å². The van der Waals surface area contributed by atoms with Crippen LogP contribution in [0.5, 0.6) is 0 Å². The van der Waals surface area contributed by atoms with Crippen LogP contribution in [0.3, 0.4) is 0 Å². The minimum Gasteiger partial charge on any atom is -0.481 e. The first-order chi connectivity index (χ1) is 8.90. The van der Waals surface area contributed by atoms with Gasteiger partial charge in [0.15, 0.2) is 0 Å². The van der Waals surface area contributed by atoms with Gasteiger partial charge in [-0.25, -0.2) is 4.39 Å². The lowest BCUT2D eigenvalue weighted by Crippen LogP contribution is -2.35. The summed E-state index contributed by atoms with van der Waals surface area (Å²) in [5.74, 6) is -1.29. The summed E-state index contributed by atoms with van der Waals surface area (Å²) in [4.78, 5) is 10.8. The number of nitrogens with two attached hydrogens (primary N) is 1. The standard InChI is InChI=1S/C15H22FNO2/c1-10(8-14(17)11(2)15(18)19)6-7-12-4-3-5-13(16)9-12/h3-5,9-11,14H,6-8,17H2,1-2H3,(H,18,19). The fourth-order valence-corrected chi connectivity index (χ4v) is 2.08. The highest BCUT2D eigenvalue weighted by Gasteiger charge is 2.21. The topological polar surface area (TPSA) is 63.3 Å². The molecule has 0 saturated carbocycles. The number of hydrogen-bond donors (Lipinski definition) is 2. The maximum absolute atomic E-state index is 13.0. The highest BCUT2D eigenvalue weighted by atomic mass is 19.1. The van der Waals surface area contributed by atoms with Gasteiger partial charge in [0.25, 0.3) is 0 Å². The van der Waals surface area contributed by atoms with Crippen molar-refractivity contribution in [2.45, 2.75) is 39.2 Å². The van der Waals surface area contributed by atoms with E-state index in [4.69, 9.17) is 10.8 Å². The van der Waals surface area contributed by atoms with Gasteiger partial charge in [-0.15, -0.1) is 0 Å². The van der Waals surface area contributed by atoms with Gasteiger partial charge in [0.05, 0.1) is 5.92 Å². The minimum atomic E-state index is -0.857. The van der Waals surface area contributed by atoms with Crippen LogP contribution in [0.2, 0.25) is 0 Å². The van der Waals surface area contributed by atoms with E-state index in [1.807, 2.05) is 13.0 Å². The lowest BCUT2D eigenvalue weighted by atomic mass is 9.90. The van der Waals surface area contributed by atoms with Gasteiger partial charge in [0.2, 0.25) is 0 Å². The predicted octanol–water partition coefficient (Wildman–Crippen LogP) is 2.83. The third kappa shape index (κ3) is 5.39. The SMILES string of the molecule is CC(CCc1cccc(F)c1)CC(N)C(C)C(=O)O. The van der Waals surface area contributed by atoms with E-state index in [0.29, 0.717) is 12.3 Å². The molecule has 19 heavy (non-hydrogen) atoms. The summed E-state index contributed by atoms with van der Waals surface area (Å²) in [6, 6.07) is 6.23. The van der Waals surface area contributed by atoms with Crippen LogP contribution in [0.4, 0.5) is 4.39 Å². The first-order valence-corrected chi connectivity index (χ1v) is 6.63.